The molecule has 4 aromatic carbocycles. The Hall–Kier alpha value is -3.50. The van der Waals surface area contributed by atoms with Crippen LogP contribution in [-0.4, -0.2) is 61.4 Å². The van der Waals surface area contributed by atoms with Gasteiger partial charge in [-0.05, 0) is 47.4 Å². The molecule has 4 aromatic rings. The van der Waals surface area contributed by atoms with Crippen molar-refractivity contribution in [1.29, 1.82) is 0 Å². The molecule has 7 nitrogen and oxygen atoms in total. The average Bonchev–Trinajstić information content (AvgIpc) is 3.31. The van der Waals surface area contributed by atoms with Crippen molar-refractivity contribution in [1.82, 2.24) is 0 Å². The highest BCUT2D eigenvalue weighted by Gasteiger charge is 2.41. The lowest BCUT2D eigenvalue weighted by atomic mass is 10.0. The fourth-order valence-electron chi connectivity index (χ4n) is 7.84. The number of thioether (sulfide) groups is 1. The van der Waals surface area contributed by atoms with E-state index in [1.807, 2.05) is 72.8 Å². The van der Waals surface area contributed by atoms with E-state index in [9.17, 15) is 4.79 Å². The topological polar surface area (TPSA) is 72.5 Å². The van der Waals surface area contributed by atoms with E-state index < -0.39 is 0 Å². The molecule has 62 heavy (non-hydrogen) atoms. The minimum atomic E-state index is -0.373. The molecule has 0 bridgehead atoms. The lowest BCUT2D eigenvalue weighted by Gasteiger charge is -2.41. The van der Waals surface area contributed by atoms with Crippen LogP contribution < -0.4 is 0 Å². The zero-order chi connectivity index (χ0) is 43.1. The third-order valence-electron chi connectivity index (χ3n) is 11.4. The summed E-state index contributed by atoms with van der Waals surface area (Å²) in [4.78, 5) is 13.2. The van der Waals surface area contributed by atoms with E-state index >= 15 is 0 Å². The van der Waals surface area contributed by atoms with Crippen molar-refractivity contribution >= 4 is 17.7 Å². The number of esters is 1. The first-order valence-electron chi connectivity index (χ1n) is 23.7. The van der Waals surface area contributed by atoms with Gasteiger partial charge in [0, 0.05) is 13.0 Å². The van der Waals surface area contributed by atoms with Crippen molar-refractivity contribution in [3.63, 3.8) is 0 Å². The molecule has 1 saturated heterocycles. The fraction of sp³-hybridized carbons (Fsp3) is 0.537. The van der Waals surface area contributed by atoms with Crippen LogP contribution in [0.15, 0.2) is 121 Å². The second-order valence-electron chi connectivity index (χ2n) is 16.7. The summed E-state index contributed by atoms with van der Waals surface area (Å²) in [7, 11) is 0. The maximum atomic E-state index is 13.2. The summed E-state index contributed by atoms with van der Waals surface area (Å²) in [5.41, 5.74) is 3.69. The molecule has 0 unspecified atom stereocenters. The number of ether oxygens (including phenoxy) is 6. The van der Waals surface area contributed by atoms with Gasteiger partial charge >= 0.3 is 5.97 Å². The Labute approximate surface area is 378 Å². The molecule has 1 aliphatic heterocycles. The zero-order valence-electron chi connectivity index (χ0n) is 37.5. The summed E-state index contributed by atoms with van der Waals surface area (Å²) in [6.45, 7) is 5.08. The summed E-state index contributed by atoms with van der Waals surface area (Å²) < 4.78 is 38.8. The maximum Gasteiger partial charge on any atom is 0.338 e. The first-order valence-corrected chi connectivity index (χ1v) is 24.8. The Kier molecular flexibility index (Phi) is 25.0. The minimum absolute atomic E-state index is 0.167. The molecule has 1 aliphatic rings. The number of benzene rings is 4. The molecular weight excluding hydrogens is 793 g/mol. The molecule has 0 aliphatic carbocycles. The van der Waals surface area contributed by atoms with Crippen LogP contribution in [-0.2, 0) is 48.2 Å². The maximum absolute atomic E-state index is 13.2. The third kappa shape index (κ3) is 20.3. The lowest BCUT2D eigenvalue weighted by Crippen LogP contribution is -2.52. The van der Waals surface area contributed by atoms with Crippen molar-refractivity contribution in [2.45, 2.75) is 159 Å². The van der Waals surface area contributed by atoms with Crippen molar-refractivity contribution in [3.8, 4) is 0 Å². The number of carbonyl (C=O) groups is 1. The molecular formula is C54H74O7S. The van der Waals surface area contributed by atoms with E-state index in [1.165, 1.54) is 83.5 Å². The Morgan fingerprint density at radius 3 is 1.68 bits per heavy atom. The monoisotopic (exact) mass is 867 g/mol. The van der Waals surface area contributed by atoms with Gasteiger partial charge in [-0.15, -0.1) is 11.8 Å². The predicted octanol–water partition coefficient (Wildman–Crippen LogP) is 13.3. The molecule has 0 spiro atoms. The Morgan fingerprint density at radius 1 is 0.613 bits per heavy atom. The van der Waals surface area contributed by atoms with Gasteiger partial charge in [0.1, 0.15) is 23.7 Å². The molecule has 0 aromatic heterocycles. The van der Waals surface area contributed by atoms with Crippen LogP contribution in [0.5, 0.6) is 0 Å². The number of hydrogen-bond donors (Lipinski definition) is 0. The molecule has 338 valence electrons. The smallest absolute Gasteiger partial charge is 0.338 e. The molecule has 0 amide bonds. The van der Waals surface area contributed by atoms with Crippen LogP contribution in [0.4, 0.5) is 0 Å². The van der Waals surface area contributed by atoms with Gasteiger partial charge in [-0.25, -0.2) is 4.79 Å². The summed E-state index contributed by atoms with van der Waals surface area (Å²) >= 11 is 1.73. The summed E-state index contributed by atoms with van der Waals surface area (Å²) in [6, 6.07) is 39.9. The van der Waals surface area contributed by atoms with Crippen LogP contribution in [0, 0.1) is 0 Å². The largest absolute Gasteiger partial charge is 0.456 e. The van der Waals surface area contributed by atoms with Gasteiger partial charge in [-0.2, -0.15) is 0 Å². The summed E-state index contributed by atoms with van der Waals surface area (Å²) in [5.74, 6) is 0.399. The quantitative estimate of drug-likeness (QED) is 0.0346. The van der Waals surface area contributed by atoms with Gasteiger partial charge in [-0.3, -0.25) is 0 Å². The van der Waals surface area contributed by atoms with E-state index in [2.05, 4.69) is 43.3 Å². The van der Waals surface area contributed by atoms with Crippen LogP contribution in [0.3, 0.4) is 0 Å². The first-order chi connectivity index (χ1) is 30.7. The minimum Gasteiger partial charge on any atom is -0.456 e. The molecule has 0 radical (unpaired) electrons. The molecule has 0 N–H and O–H groups in total. The highest BCUT2D eigenvalue weighted by Crippen LogP contribution is 2.33. The van der Waals surface area contributed by atoms with Crippen molar-refractivity contribution in [3.05, 3.63) is 144 Å². The average molecular weight is 867 g/mol. The Balaban J connectivity index is 1.12. The first kappa shape index (κ1) is 49.5. The third-order valence-corrected chi connectivity index (χ3v) is 12.6. The number of carbonyl (C=O) groups excluding carboxylic acids is 1. The van der Waals surface area contributed by atoms with E-state index in [0.717, 1.165) is 28.9 Å². The standard InChI is InChI=1S/C54H74O7S/c1-2-3-4-5-6-7-8-9-10-11-12-13-14-27-37-56-43-49(60-54(55)48-34-25-18-26-35-48)36-38-62-52-39-50(58-41-46-30-21-16-22-31-46)53(59-42-47-32-23-17-24-33-47)51(61-52)44-57-40-45-28-19-15-20-29-45/h15-26,28-35,49-53H,2-14,27,36-44H2,1H3/t49-,50+,51+,52-,53-/m0/s1. The van der Waals surface area contributed by atoms with Gasteiger partial charge in [0.15, 0.2) is 0 Å². The second-order valence-corrected chi connectivity index (χ2v) is 17.9. The Bertz CT molecular complexity index is 1680. The van der Waals surface area contributed by atoms with Gasteiger partial charge in [0.2, 0.25) is 0 Å². The summed E-state index contributed by atoms with van der Waals surface area (Å²) in [5, 5.41) is 0. The number of unbranched alkanes of at least 4 members (excludes halogenated alkanes) is 13. The van der Waals surface area contributed by atoms with E-state index in [4.69, 9.17) is 28.4 Å². The van der Waals surface area contributed by atoms with E-state index in [0.29, 0.717) is 58.0 Å². The van der Waals surface area contributed by atoms with E-state index in [1.54, 1.807) is 23.9 Å². The van der Waals surface area contributed by atoms with Crippen molar-refractivity contribution in [2.24, 2.45) is 0 Å². The zero-order valence-corrected chi connectivity index (χ0v) is 38.3. The molecule has 0 saturated carbocycles. The van der Waals surface area contributed by atoms with Crippen molar-refractivity contribution < 1.29 is 33.2 Å². The Morgan fingerprint density at radius 2 is 1.11 bits per heavy atom. The fourth-order valence-corrected chi connectivity index (χ4v) is 9.04. The number of rotatable bonds is 33. The normalized spacial score (nSPS) is 18.1. The van der Waals surface area contributed by atoms with Crippen molar-refractivity contribution in [2.75, 3.05) is 25.6 Å². The molecule has 5 rings (SSSR count). The lowest BCUT2D eigenvalue weighted by molar-refractivity contribution is -0.204. The van der Waals surface area contributed by atoms with Gasteiger partial charge in [0.25, 0.3) is 0 Å². The molecule has 1 heterocycles. The SMILES string of the molecule is CCCCCCCCCCCCCCCCOC[C@H](CCS[C@H]1C[C@@H](OCc2ccccc2)[C@H](OCc2ccccc2)[C@@H](COCc2ccccc2)O1)OC(=O)c1ccccc1. The highest BCUT2D eigenvalue weighted by molar-refractivity contribution is 7.99. The second kappa shape index (κ2) is 31.4. The molecule has 8 heteroatoms. The molecule has 5 atom stereocenters. The van der Waals surface area contributed by atoms with Gasteiger partial charge < -0.3 is 28.4 Å². The van der Waals surface area contributed by atoms with E-state index in [-0.39, 0.29) is 35.8 Å². The van der Waals surface area contributed by atoms with Gasteiger partial charge in [0.05, 0.1) is 44.7 Å². The van der Waals surface area contributed by atoms with Crippen LogP contribution >= 0.6 is 11.8 Å². The van der Waals surface area contributed by atoms with Crippen LogP contribution in [0.25, 0.3) is 0 Å². The predicted molar refractivity (Wildman–Crippen MR) is 253 cm³/mol. The van der Waals surface area contributed by atoms with Crippen LogP contribution in [0.1, 0.15) is 137 Å². The summed E-state index contributed by atoms with van der Waals surface area (Å²) in [6.07, 6.45) is 18.5. The van der Waals surface area contributed by atoms with Crippen LogP contribution in [0.2, 0.25) is 0 Å². The number of hydrogen-bond acceptors (Lipinski definition) is 8. The van der Waals surface area contributed by atoms with Gasteiger partial charge in [-0.1, -0.05) is 200 Å². The molecule has 1 fully saturated rings. The highest BCUT2D eigenvalue weighted by atomic mass is 32.2.